The Bertz CT molecular complexity index is 1060. The molecule has 0 saturated carbocycles. The summed E-state index contributed by atoms with van der Waals surface area (Å²) in [6.07, 6.45) is 0. The van der Waals surface area contributed by atoms with Gasteiger partial charge in [0.25, 0.3) is 0 Å². The fourth-order valence-electron chi connectivity index (χ4n) is 3.05. The Morgan fingerprint density at radius 3 is 1.88 bits per heavy atom. The summed E-state index contributed by atoms with van der Waals surface area (Å²) >= 11 is 6.13. The number of hydrogen-bond donors (Lipinski definition) is 0. The first-order chi connectivity index (χ1) is 11.2. The van der Waals surface area contributed by atoms with Gasteiger partial charge in [0, 0.05) is 5.02 Å². The molecule has 0 aliphatic heterocycles. The molecule has 0 aliphatic carbocycles. The van der Waals surface area contributed by atoms with Gasteiger partial charge in [-0.3, -0.25) is 0 Å². The molecule has 0 spiro atoms. The Morgan fingerprint density at radius 2 is 1.20 bits per heavy atom. The zero-order valence-corrected chi connectivity index (χ0v) is 14.8. The van der Waals surface area contributed by atoms with E-state index in [2.05, 4.69) is 0 Å². The van der Waals surface area contributed by atoms with Crippen LogP contribution in [-0.4, -0.2) is 0 Å². The summed E-state index contributed by atoms with van der Waals surface area (Å²) in [5.74, 6) is -0.480. The normalized spacial score (nSPS) is 10.3. The molecular formula is C20H11ClLi2O2. The first-order valence-electron chi connectivity index (χ1n) is 7.24. The van der Waals surface area contributed by atoms with E-state index in [9.17, 15) is 10.2 Å². The van der Waals surface area contributed by atoms with Crippen molar-refractivity contribution in [2.24, 2.45) is 0 Å². The Morgan fingerprint density at radius 1 is 0.640 bits per heavy atom. The number of hydrogen-bond acceptors (Lipinski definition) is 2. The first-order valence-corrected chi connectivity index (χ1v) is 7.62. The van der Waals surface area contributed by atoms with Gasteiger partial charge in [-0.05, 0) is 38.7 Å². The Balaban J connectivity index is 0.00000113. The van der Waals surface area contributed by atoms with Gasteiger partial charge in [-0.2, -0.15) is 0 Å². The van der Waals surface area contributed by atoms with Crippen LogP contribution in [0.5, 0.6) is 11.5 Å². The van der Waals surface area contributed by atoms with Crippen molar-refractivity contribution in [1.82, 2.24) is 0 Å². The van der Waals surface area contributed by atoms with Gasteiger partial charge in [-0.15, -0.1) is 5.75 Å². The molecule has 5 heteroatoms. The number of halogens is 1. The van der Waals surface area contributed by atoms with Crippen LogP contribution in [0.25, 0.3) is 32.7 Å². The van der Waals surface area contributed by atoms with Crippen molar-refractivity contribution in [3.8, 4) is 22.6 Å². The summed E-state index contributed by atoms with van der Waals surface area (Å²) in [6, 6.07) is 20.0. The van der Waals surface area contributed by atoms with E-state index in [1.54, 1.807) is 12.1 Å². The van der Waals surface area contributed by atoms with Gasteiger partial charge in [-0.25, -0.2) is 0 Å². The van der Waals surface area contributed by atoms with Crippen LogP contribution in [0.4, 0.5) is 0 Å². The summed E-state index contributed by atoms with van der Waals surface area (Å²) in [5.41, 5.74) is 0.807. The molecule has 0 bridgehead atoms. The molecule has 4 rings (SSSR count). The summed E-state index contributed by atoms with van der Waals surface area (Å²) in [6.45, 7) is 0. The van der Waals surface area contributed by atoms with Gasteiger partial charge in [0.05, 0.1) is 0 Å². The van der Waals surface area contributed by atoms with E-state index in [1.165, 1.54) is 6.07 Å². The number of benzene rings is 4. The van der Waals surface area contributed by atoms with Crippen molar-refractivity contribution in [2.75, 3.05) is 0 Å². The average molecular weight is 333 g/mol. The Kier molecular flexibility index (Phi) is 6.18. The summed E-state index contributed by atoms with van der Waals surface area (Å²) in [5, 5.41) is 28.7. The average Bonchev–Trinajstić information content (AvgIpc) is 2.57. The molecule has 0 amide bonds. The van der Waals surface area contributed by atoms with Gasteiger partial charge >= 0.3 is 37.7 Å². The van der Waals surface area contributed by atoms with Crippen LogP contribution in [-0.2, 0) is 0 Å². The van der Waals surface area contributed by atoms with Gasteiger partial charge < -0.3 is 10.2 Å². The second-order valence-electron chi connectivity index (χ2n) is 5.44. The molecule has 25 heavy (non-hydrogen) atoms. The molecule has 0 N–H and O–H groups in total. The van der Waals surface area contributed by atoms with E-state index >= 15 is 0 Å². The van der Waals surface area contributed by atoms with E-state index in [-0.39, 0.29) is 54.2 Å². The van der Waals surface area contributed by atoms with Crippen molar-refractivity contribution in [3.63, 3.8) is 0 Å². The maximum atomic E-state index is 12.7. The van der Waals surface area contributed by atoms with Gasteiger partial charge in [-0.1, -0.05) is 78.0 Å². The third kappa shape index (κ3) is 3.30. The molecule has 0 aliphatic rings. The van der Waals surface area contributed by atoms with E-state index in [1.807, 2.05) is 48.5 Å². The van der Waals surface area contributed by atoms with Gasteiger partial charge in [0.1, 0.15) is 0 Å². The van der Waals surface area contributed by atoms with Crippen LogP contribution >= 0.6 is 11.6 Å². The van der Waals surface area contributed by atoms with Crippen LogP contribution < -0.4 is 47.9 Å². The van der Waals surface area contributed by atoms with Crippen molar-refractivity contribution in [1.29, 1.82) is 0 Å². The summed E-state index contributed by atoms with van der Waals surface area (Å²) in [4.78, 5) is 0. The molecule has 0 unspecified atom stereocenters. The molecule has 112 valence electrons. The fraction of sp³-hybridized carbons (Fsp3) is 0. The molecule has 0 saturated heterocycles. The van der Waals surface area contributed by atoms with Crippen LogP contribution in [0.1, 0.15) is 0 Å². The van der Waals surface area contributed by atoms with Crippen LogP contribution in [0, 0.1) is 0 Å². The first kappa shape index (κ1) is 19.8. The zero-order valence-electron chi connectivity index (χ0n) is 14.0. The van der Waals surface area contributed by atoms with Gasteiger partial charge in [0.15, 0.2) is 0 Å². The van der Waals surface area contributed by atoms with Crippen molar-refractivity contribution in [2.45, 2.75) is 0 Å². The Hall–Kier alpha value is -1.52. The SMILES string of the molecule is [Li+].[Li+].[O-]c1ccc2ccccc2c1-c1c([O-])c(Cl)cc2ccccc12. The van der Waals surface area contributed by atoms with Crippen molar-refractivity contribution >= 4 is 33.1 Å². The molecule has 4 aromatic rings. The quantitative estimate of drug-likeness (QED) is 0.397. The predicted octanol–water partition coefficient (Wildman–Crippen LogP) is -1.53. The minimum atomic E-state index is -0.307. The zero-order chi connectivity index (χ0) is 16.0. The molecule has 0 fully saturated rings. The molecule has 0 atom stereocenters. The maximum absolute atomic E-state index is 12.7. The van der Waals surface area contributed by atoms with Crippen LogP contribution in [0.15, 0.2) is 66.7 Å². The Labute approximate surface area is 174 Å². The number of rotatable bonds is 1. The molecule has 2 nitrogen and oxygen atoms in total. The topological polar surface area (TPSA) is 46.1 Å². The smallest absolute Gasteiger partial charge is 0.872 e. The van der Waals surface area contributed by atoms with E-state index < -0.39 is 0 Å². The van der Waals surface area contributed by atoms with Crippen LogP contribution in [0.3, 0.4) is 0 Å². The largest absolute Gasteiger partial charge is 1.00 e. The van der Waals surface area contributed by atoms with Crippen molar-refractivity contribution in [3.05, 3.63) is 71.8 Å². The number of fused-ring (bicyclic) bond motifs is 2. The van der Waals surface area contributed by atoms with Crippen molar-refractivity contribution < 1.29 is 47.9 Å². The standard InChI is InChI=1S/C20H13ClO2.2Li/c21-16-11-13-6-2-4-8-15(13)19(20(16)23)18-14-7-3-1-5-12(14)9-10-17(18)22;;/h1-11,22-23H;;/q;2*+1/p-2. The van der Waals surface area contributed by atoms with E-state index in [0.717, 1.165) is 21.5 Å². The fourth-order valence-corrected chi connectivity index (χ4v) is 3.26. The molecule has 4 aromatic carbocycles. The minimum Gasteiger partial charge on any atom is -0.872 e. The van der Waals surface area contributed by atoms with E-state index in [0.29, 0.717) is 11.1 Å². The minimum absolute atomic E-state index is 0. The molecular weight excluding hydrogens is 322 g/mol. The molecule has 0 heterocycles. The summed E-state index contributed by atoms with van der Waals surface area (Å²) in [7, 11) is 0. The maximum Gasteiger partial charge on any atom is 1.00 e. The van der Waals surface area contributed by atoms with E-state index in [4.69, 9.17) is 11.6 Å². The van der Waals surface area contributed by atoms with Gasteiger partial charge in [0.2, 0.25) is 0 Å². The predicted molar refractivity (Wildman–Crippen MR) is 90.8 cm³/mol. The molecule has 0 aromatic heterocycles. The third-order valence-electron chi connectivity index (χ3n) is 4.10. The monoisotopic (exact) mass is 332 g/mol. The third-order valence-corrected chi connectivity index (χ3v) is 4.38. The molecule has 0 radical (unpaired) electrons. The van der Waals surface area contributed by atoms with Crippen LogP contribution in [0.2, 0.25) is 5.02 Å². The second-order valence-corrected chi connectivity index (χ2v) is 5.85. The summed E-state index contributed by atoms with van der Waals surface area (Å²) < 4.78 is 0. The second kappa shape index (κ2) is 7.80.